The van der Waals surface area contributed by atoms with Crippen molar-refractivity contribution >= 4 is 11.1 Å². The Kier molecular flexibility index (Phi) is 7.12. The lowest BCUT2D eigenvalue weighted by atomic mass is 9.94. The van der Waals surface area contributed by atoms with Crippen LogP contribution in [0.5, 0.6) is 0 Å². The van der Waals surface area contributed by atoms with E-state index < -0.39 is 0 Å². The molecule has 1 fully saturated rings. The van der Waals surface area contributed by atoms with E-state index in [0.717, 1.165) is 0 Å². The van der Waals surface area contributed by atoms with Gasteiger partial charge in [0.05, 0.1) is 0 Å². The lowest BCUT2D eigenvalue weighted by Crippen LogP contribution is -1.92. The minimum Gasteiger partial charge on any atom is -0.0779 e. The molecule has 1 aromatic carbocycles. The molecule has 0 spiro atoms. The Morgan fingerprint density at radius 2 is 1.77 bits per heavy atom. The summed E-state index contributed by atoms with van der Waals surface area (Å²) in [6.07, 6.45) is 23.8. The minimum atomic E-state index is 0.463. The van der Waals surface area contributed by atoms with E-state index in [1.807, 2.05) is 0 Å². The second-order valence-electron chi connectivity index (χ2n) is 7.92. The minimum absolute atomic E-state index is 0.463. The zero-order valence-electron chi connectivity index (χ0n) is 16.6. The quantitative estimate of drug-likeness (QED) is 0.437. The van der Waals surface area contributed by atoms with Gasteiger partial charge in [0.15, 0.2) is 0 Å². The number of benzene rings is 1. The van der Waals surface area contributed by atoms with Gasteiger partial charge in [-0.15, -0.1) is 0 Å². The zero-order chi connectivity index (χ0) is 18.2. The molecule has 0 heterocycles. The predicted octanol–water partition coefficient (Wildman–Crippen LogP) is 8.13. The van der Waals surface area contributed by atoms with Gasteiger partial charge in [-0.2, -0.15) is 0 Å². The molecule has 0 aliphatic heterocycles. The normalized spacial score (nSPS) is 19.7. The maximum absolute atomic E-state index is 2.43. The van der Waals surface area contributed by atoms with Crippen LogP contribution in [0, 0.1) is 5.92 Å². The molecule has 2 aliphatic carbocycles. The molecule has 0 saturated heterocycles. The van der Waals surface area contributed by atoms with Crippen molar-refractivity contribution in [2.45, 2.75) is 71.6 Å². The summed E-state index contributed by atoms with van der Waals surface area (Å²) < 4.78 is 0. The highest BCUT2D eigenvalue weighted by molar-refractivity contribution is 5.95. The number of unbranched alkanes of at least 4 members (excludes halogenated alkanes) is 2. The van der Waals surface area contributed by atoms with Gasteiger partial charge in [0, 0.05) is 0 Å². The Labute approximate surface area is 160 Å². The van der Waals surface area contributed by atoms with E-state index in [4.69, 9.17) is 0 Å². The van der Waals surface area contributed by atoms with Gasteiger partial charge < -0.3 is 0 Å². The highest BCUT2D eigenvalue weighted by atomic mass is 14.2. The van der Waals surface area contributed by atoms with E-state index in [9.17, 15) is 0 Å². The standard InChI is InChI=1S/C26H34/c1-3-4-6-16-23-20-24(26-18-10-9-17-25(23)26)19-21(2)12-11-15-22-13-7-5-8-14-22/h9-12,15,17-21H,3-8,13-14,16H2,1-2H3. The van der Waals surface area contributed by atoms with Crippen molar-refractivity contribution in [2.24, 2.45) is 5.92 Å². The molecule has 0 radical (unpaired) electrons. The fourth-order valence-electron chi connectivity index (χ4n) is 4.15. The van der Waals surface area contributed by atoms with Gasteiger partial charge in [0.25, 0.3) is 0 Å². The molecule has 1 aromatic rings. The van der Waals surface area contributed by atoms with Crippen LogP contribution in [-0.2, 0) is 0 Å². The first kappa shape index (κ1) is 19.0. The van der Waals surface area contributed by atoms with E-state index >= 15 is 0 Å². The second-order valence-corrected chi connectivity index (χ2v) is 7.92. The summed E-state index contributed by atoms with van der Waals surface area (Å²) in [5, 5.41) is 0. The van der Waals surface area contributed by atoms with Crippen molar-refractivity contribution < 1.29 is 0 Å². The van der Waals surface area contributed by atoms with Gasteiger partial charge in [-0.05, 0) is 66.7 Å². The molecule has 26 heavy (non-hydrogen) atoms. The topological polar surface area (TPSA) is 0 Å². The number of hydrogen-bond donors (Lipinski definition) is 0. The van der Waals surface area contributed by atoms with Gasteiger partial charge in [-0.25, -0.2) is 0 Å². The van der Waals surface area contributed by atoms with Gasteiger partial charge in [-0.1, -0.05) is 93.3 Å². The molecular weight excluding hydrogens is 312 g/mol. The maximum atomic E-state index is 2.43. The average molecular weight is 347 g/mol. The number of allylic oxidation sites excluding steroid dienone is 8. The molecular formula is C26H34. The van der Waals surface area contributed by atoms with Crippen LogP contribution in [0.2, 0.25) is 0 Å². The van der Waals surface area contributed by atoms with Crippen LogP contribution in [-0.4, -0.2) is 0 Å². The van der Waals surface area contributed by atoms with Crippen LogP contribution < -0.4 is 0 Å². The van der Waals surface area contributed by atoms with Crippen LogP contribution in [0.15, 0.2) is 60.2 Å². The second kappa shape index (κ2) is 9.76. The molecule has 1 atom stereocenters. The molecule has 0 bridgehead atoms. The van der Waals surface area contributed by atoms with Gasteiger partial charge in [-0.3, -0.25) is 0 Å². The zero-order valence-corrected chi connectivity index (χ0v) is 16.6. The van der Waals surface area contributed by atoms with Crippen LogP contribution in [0.4, 0.5) is 0 Å². The molecule has 0 nitrogen and oxygen atoms in total. The third-order valence-electron chi connectivity index (χ3n) is 5.65. The van der Waals surface area contributed by atoms with Gasteiger partial charge >= 0.3 is 0 Å². The average Bonchev–Trinajstić information content (AvgIpc) is 3.01. The Balaban J connectivity index is 1.70. The molecule has 1 saturated carbocycles. The van der Waals surface area contributed by atoms with E-state index in [1.165, 1.54) is 80.1 Å². The molecule has 138 valence electrons. The smallest absolute Gasteiger partial charge is 0.00696 e. The lowest BCUT2D eigenvalue weighted by molar-refractivity contribution is 0.599. The summed E-state index contributed by atoms with van der Waals surface area (Å²) >= 11 is 0. The summed E-state index contributed by atoms with van der Waals surface area (Å²) in [6, 6.07) is 8.92. The summed E-state index contributed by atoms with van der Waals surface area (Å²) in [5.74, 6) is 0.463. The van der Waals surface area contributed by atoms with Crippen LogP contribution in [0.3, 0.4) is 0 Å². The SMILES string of the molecule is CCCCCC1=CC(=CC(C)C=CC=C2CCCCC2)c2ccccc21. The summed E-state index contributed by atoms with van der Waals surface area (Å²) in [6.45, 7) is 4.58. The highest BCUT2D eigenvalue weighted by Crippen LogP contribution is 2.38. The monoisotopic (exact) mass is 346 g/mol. The molecule has 0 heteroatoms. The fourth-order valence-corrected chi connectivity index (χ4v) is 4.15. The first-order valence-corrected chi connectivity index (χ1v) is 10.7. The molecule has 1 unspecified atom stereocenters. The molecule has 0 N–H and O–H groups in total. The number of fused-ring (bicyclic) bond motifs is 1. The van der Waals surface area contributed by atoms with Crippen LogP contribution >= 0.6 is 0 Å². The third-order valence-corrected chi connectivity index (χ3v) is 5.65. The van der Waals surface area contributed by atoms with Crippen LogP contribution in [0.25, 0.3) is 11.1 Å². The summed E-state index contributed by atoms with van der Waals surface area (Å²) in [7, 11) is 0. The van der Waals surface area contributed by atoms with Crippen molar-refractivity contribution in [1.82, 2.24) is 0 Å². The Morgan fingerprint density at radius 1 is 1.00 bits per heavy atom. The first-order chi connectivity index (χ1) is 12.8. The largest absolute Gasteiger partial charge is 0.0779 e. The van der Waals surface area contributed by atoms with E-state index in [-0.39, 0.29) is 0 Å². The first-order valence-electron chi connectivity index (χ1n) is 10.7. The van der Waals surface area contributed by atoms with Crippen molar-refractivity contribution in [3.8, 4) is 0 Å². The van der Waals surface area contributed by atoms with Crippen molar-refractivity contribution in [2.75, 3.05) is 0 Å². The van der Waals surface area contributed by atoms with Crippen molar-refractivity contribution in [3.63, 3.8) is 0 Å². The Bertz CT molecular complexity index is 703. The van der Waals surface area contributed by atoms with E-state index in [2.05, 4.69) is 68.5 Å². The maximum Gasteiger partial charge on any atom is -0.00696 e. The summed E-state index contributed by atoms with van der Waals surface area (Å²) in [4.78, 5) is 0. The Hall–Kier alpha value is -1.82. The summed E-state index contributed by atoms with van der Waals surface area (Å²) in [5.41, 5.74) is 7.45. The third kappa shape index (κ3) is 5.10. The van der Waals surface area contributed by atoms with Gasteiger partial charge in [0.2, 0.25) is 0 Å². The lowest BCUT2D eigenvalue weighted by Gasteiger charge is -2.12. The van der Waals surface area contributed by atoms with Crippen molar-refractivity contribution in [3.05, 3.63) is 71.3 Å². The molecule has 0 aromatic heterocycles. The van der Waals surface area contributed by atoms with E-state index in [1.54, 1.807) is 5.57 Å². The number of hydrogen-bond acceptors (Lipinski definition) is 0. The fraction of sp³-hybridized carbons (Fsp3) is 0.462. The Morgan fingerprint density at radius 3 is 2.54 bits per heavy atom. The van der Waals surface area contributed by atoms with Crippen molar-refractivity contribution in [1.29, 1.82) is 0 Å². The van der Waals surface area contributed by atoms with Crippen LogP contribution in [0.1, 0.15) is 82.8 Å². The van der Waals surface area contributed by atoms with Gasteiger partial charge in [0.1, 0.15) is 0 Å². The molecule has 3 rings (SSSR count). The number of rotatable bonds is 7. The molecule has 2 aliphatic rings. The molecule has 0 amide bonds. The predicted molar refractivity (Wildman–Crippen MR) is 116 cm³/mol. The van der Waals surface area contributed by atoms with E-state index in [0.29, 0.717) is 5.92 Å². The highest BCUT2D eigenvalue weighted by Gasteiger charge is 2.17.